The molecule has 2 aromatic rings. The smallest absolute Gasteiger partial charge is 0.341 e. The van der Waals surface area contributed by atoms with Crippen molar-refractivity contribution in [2.45, 2.75) is 24.9 Å². The van der Waals surface area contributed by atoms with Gasteiger partial charge in [0.2, 0.25) is 0 Å². The van der Waals surface area contributed by atoms with E-state index in [4.69, 9.17) is 9.84 Å². The number of phenolic OH excluding ortho intramolecular Hbond substituents is 1. The number of nitrogens with zero attached hydrogens (tertiary/aromatic N) is 3. The van der Waals surface area contributed by atoms with Gasteiger partial charge in [-0.1, -0.05) is 12.1 Å². The molecule has 162 valence electrons. The summed E-state index contributed by atoms with van der Waals surface area (Å²) in [6, 6.07) is 10.6. The molecule has 1 saturated heterocycles. The summed E-state index contributed by atoms with van der Waals surface area (Å²) in [5.41, 5.74) is 1.96. The molecule has 3 heterocycles. The maximum absolute atomic E-state index is 14.0. The van der Waals surface area contributed by atoms with Gasteiger partial charge in [0.05, 0.1) is 24.3 Å². The number of benzene rings is 2. The van der Waals surface area contributed by atoms with E-state index in [0.29, 0.717) is 23.6 Å². The van der Waals surface area contributed by atoms with Crippen molar-refractivity contribution in [3.63, 3.8) is 0 Å². The molecule has 8 heteroatoms. The average molecular weight is 424 g/mol. The standard InChI is InChI=1S/C23H25FN4O3/c1-27(16-5-3-9-25-12-16)23(30)28-22(14-4-2-6-17(29)10-14)19-13-31-20-8-7-15(24)11-18(20)21(19)26-28/h2,4,6-8,10-11,16,19,22,25,29H,3,5,9,12-13H2,1H3/t16-,19?,22?/m0/s1. The van der Waals surface area contributed by atoms with E-state index in [1.165, 1.54) is 17.1 Å². The topological polar surface area (TPSA) is 77.4 Å². The first kappa shape index (κ1) is 19.8. The summed E-state index contributed by atoms with van der Waals surface area (Å²) in [6.07, 6.45) is 1.94. The van der Waals surface area contributed by atoms with E-state index in [9.17, 15) is 14.3 Å². The molecule has 3 aliphatic rings. The minimum Gasteiger partial charge on any atom is -0.508 e. The molecule has 31 heavy (non-hydrogen) atoms. The maximum atomic E-state index is 14.0. The lowest BCUT2D eigenvalue weighted by Crippen LogP contribution is -2.50. The monoisotopic (exact) mass is 424 g/mol. The first-order valence-electron chi connectivity index (χ1n) is 10.6. The summed E-state index contributed by atoms with van der Waals surface area (Å²) < 4.78 is 19.9. The van der Waals surface area contributed by atoms with E-state index in [1.807, 2.05) is 6.07 Å². The van der Waals surface area contributed by atoms with Crippen LogP contribution >= 0.6 is 0 Å². The minimum absolute atomic E-state index is 0.0786. The largest absolute Gasteiger partial charge is 0.508 e. The number of hydrogen-bond donors (Lipinski definition) is 2. The molecule has 0 aromatic heterocycles. The molecular formula is C23H25FN4O3. The number of urea groups is 1. The SMILES string of the molecule is CN(C(=O)N1N=C2c3cc(F)ccc3OCC2C1c1cccc(O)c1)[C@H]1CCCNC1. The second-order valence-corrected chi connectivity index (χ2v) is 8.32. The van der Waals surface area contributed by atoms with E-state index < -0.39 is 6.04 Å². The van der Waals surface area contributed by atoms with Crippen molar-refractivity contribution in [1.29, 1.82) is 0 Å². The van der Waals surface area contributed by atoms with Crippen LogP contribution in [-0.2, 0) is 0 Å². The number of piperidine rings is 1. The van der Waals surface area contributed by atoms with Crippen molar-refractivity contribution in [1.82, 2.24) is 15.2 Å². The number of nitrogens with one attached hydrogen (secondary N) is 1. The summed E-state index contributed by atoms with van der Waals surface area (Å²) in [7, 11) is 1.80. The number of hydrazone groups is 1. The number of likely N-dealkylation sites (N-methyl/N-ethyl adjacent to an activating group) is 1. The van der Waals surface area contributed by atoms with E-state index in [-0.39, 0.29) is 29.6 Å². The third-order valence-corrected chi connectivity index (χ3v) is 6.38. The summed E-state index contributed by atoms with van der Waals surface area (Å²) in [4.78, 5) is 15.3. The fourth-order valence-corrected chi connectivity index (χ4v) is 4.73. The number of hydrogen-bond acceptors (Lipinski definition) is 5. The van der Waals surface area contributed by atoms with Crippen molar-refractivity contribution in [3.05, 3.63) is 59.4 Å². The predicted octanol–water partition coefficient (Wildman–Crippen LogP) is 3.10. The van der Waals surface area contributed by atoms with Crippen LogP contribution in [0.5, 0.6) is 11.5 Å². The number of phenols is 1. The molecule has 0 saturated carbocycles. The van der Waals surface area contributed by atoms with E-state index in [2.05, 4.69) is 5.32 Å². The lowest BCUT2D eigenvalue weighted by Gasteiger charge is -2.36. The van der Waals surface area contributed by atoms with Crippen LogP contribution < -0.4 is 10.1 Å². The van der Waals surface area contributed by atoms with Crippen LogP contribution in [0.15, 0.2) is 47.6 Å². The highest BCUT2D eigenvalue weighted by Crippen LogP contribution is 2.43. The zero-order chi connectivity index (χ0) is 21.5. The van der Waals surface area contributed by atoms with Gasteiger partial charge in [-0.3, -0.25) is 0 Å². The van der Waals surface area contributed by atoms with Gasteiger partial charge >= 0.3 is 6.03 Å². The Morgan fingerprint density at radius 3 is 2.97 bits per heavy atom. The third-order valence-electron chi connectivity index (χ3n) is 6.38. The summed E-state index contributed by atoms with van der Waals surface area (Å²) in [5, 5.41) is 19.6. The molecule has 2 N–H and O–H groups in total. The van der Waals surface area contributed by atoms with Gasteiger partial charge in [-0.2, -0.15) is 5.10 Å². The summed E-state index contributed by atoms with van der Waals surface area (Å²) in [5.74, 6) is 0.0317. The lowest BCUT2D eigenvalue weighted by atomic mass is 9.86. The Morgan fingerprint density at radius 1 is 1.32 bits per heavy atom. The normalized spacial score (nSPS) is 24.6. The van der Waals surface area contributed by atoms with Gasteiger partial charge in [0.15, 0.2) is 0 Å². The van der Waals surface area contributed by atoms with Gasteiger partial charge in [-0.05, 0) is 55.3 Å². The number of fused-ring (bicyclic) bond motifs is 3. The molecule has 0 spiro atoms. The highest BCUT2D eigenvalue weighted by atomic mass is 19.1. The number of aromatic hydroxyl groups is 1. The molecule has 0 aliphatic carbocycles. The number of ether oxygens (including phenoxy) is 1. The highest BCUT2D eigenvalue weighted by Gasteiger charge is 2.46. The molecule has 3 atom stereocenters. The Bertz CT molecular complexity index is 1040. The van der Waals surface area contributed by atoms with Gasteiger partial charge in [0, 0.05) is 25.2 Å². The van der Waals surface area contributed by atoms with Crippen LogP contribution in [0, 0.1) is 11.7 Å². The predicted molar refractivity (Wildman–Crippen MR) is 114 cm³/mol. The minimum atomic E-state index is -0.454. The molecule has 1 fully saturated rings. The lowest BCUT2D eigenvalue weighted by molar-refractivity contribution is 0.115. The molecular weight excluding hydrogens is 399 g/mol. The first-order valence-corrected chi connectivity index (χ1v) is 10.6. The van der Waals surface area contributed by atoms with Crippen LogP contribution in [0.1, 0.15) is 30.0 Å². The van der Waals surface area contributed by atoms with Crippen LogP contribution in [-0.4, -0.2) is 59.5 Å². The molecule has 5 rings (SSSR count). The Morgan fingerprint density at radius 2 is 2.19 bits per heavy atom. The number of amides is 2. The van der Waals surface area contributed by atoms with Crippen molar-refractivity contribution in [2.24, 2.45) is 11.0 Å². The van der Waals surface area contributed by atoms with Crippen LogP contribution in [0.4, 0.5) is 9.18 Å². The van der Waals surface area contributed by atoms with E-state index in [1.54, 1.807) is 36.2 Å². The average Bonchev–Trinajstić information content (AvgIpc) is 3.19. The Labute approximate surface area is 180 Å². The second-order valence-electron chi connectivity index (χ2n) is 8.32. The van der Waals surface area contributed by atoms with Crippen molar-refractivity contribution in [2.75, 3.05) is 26.7 Å². The van der Waals surface area contributed by atoms with Gasteiger partial charge < -0.3 is 20.1 Å². The third kappa shape index (κ3) is 3.50. The number of carbonyl (C=O) groups excluding carboxylic acids is 1. The van der Waals surface area contributed by atoms with Crippen LogP contribution in [0.2, 0.25) is 0 Å². The Balaban J connectivity index is 1.55. The highest BCUT2D eigenvalue weighted by molar-refractivity contribution is 6.07. The first-order chi connectivity index (χ1) is 15.0. The zero-order valence-corrected chi connectivity index (χ0v) is 17.3. The number of rotatable bonds is 2. The Kier molecular flexibility index (Phi) is 5.02. The molecule has 0 radical (unpaired) electrons. The number of carbonyl (C=O) groups is 1. The van der Waals surface area contributed by atoms with Gasteiger partial charge in [-0.15, -0.1) is 0 Å². The fraction of sp³-hybridized carbons (Fsp3) is 0.391. The molecule has 2 aromatic carbocycles. The van der Waals surface area contributed by atoms with Crippen LogP contribution in [0.3, 0.4) is 0 Å². The van der Waals surface area contributed by atoms with Gasteiger partial charge in [0.25, 0.3) is 0 Å². The maximum Gasteiger partial charge on any atom is 0.341 e. The fourth-order valence-electron chi connectivity index (χ4n) is 4.73. The second kappa shape index (κ2) is 7.85. The molecule has 7 nitrogen and oxygen atoms in total. The van der Waals surface area contributed by atoms with Crippen LogP contribution in [0.25, 0.3) is 0 Å². The van der Waals surface area contributed by atoms with Crippen molar-refractivity contribution in [3.8, 4) is 11.5 Å². The molecule has 0 bridgehead atoms. The molecule has 3 aliphatic heterocycles. The van der Waals surface area contributed by atoms with Crippen molar-refractivity contribution < 1.29 is 19.0 Å². The van der Waals surface area contributed by atoms with Crippen molar-refractivity contribution >= 4 is 11.7 Å². The Hall–Kier alpha value is -3.13. The zero-order valence-electron chi connectivity index (χ0n) is 17.3. The quantitative estimate of drug-likeness (QED) is 0.777. The van der Waals surface area contributed by atoms with E-state index in [0.717, 1.165) is 31.5 Å². The van der Waals surface area contributed by atoms with E-state index >= 15 is 0 Å². The summed E-state index contributed by atoms with van der Waals surface area (Å²) in [6.45, 7) is 2.01. The molecule has 2 amide bonds. The number of halogens is 1. The molecule has 2 unspecified atom stereocenters. The summed E-state index contributed by atoms with van der Waals surface area (Å²) >= 11 is 0. The van der Waals surface area contributed by atoms with Gasteiger partial charge in [0.1, 0.15) is 17.3 Å². The van der Waals surface area contributed by atoms with Gasteiger partial charge in [-0.25, -0.2) is 14.2 Å².